The fourth-order valence-corrected chi connectivity index (χ4v) is 7.31. The van der Waals surface area contributed by atoms with Gasteiger partial charge < -0.3 is 18.9 Å². The van der Waals surface area contributed by atoms with Crippen molar-refractivity contribution in [1.82, 2.24) is 0 Å². The Bertz CT molecular complexity index is 1640. The average Bonchev–Trinajstić information content (AvgIpc) is 3.32. The maximum absolute atomic E-state index is 12.8. The second kappa shape index (κ2) is 50.1. The number of nitrogens with zero attached hydrogens (tertiary/aromatic N) is 1. The van der Waals surface area contributed by atoms with Crippen molar-refractivity contribution in [1.29, 1.82) is 0 Å². The Kier molecular flexibility index (Phi) is 47.3. The first-order valence-electron chi connectivity index (χ1n) is 26.9. The summed E-state index contributed by atoms with van der Waals surface area (Å²) in [7, 11) is 1.43. The number of rotatable bonds is 47. The minimum Gasteiger partial charge on any atom is -0.462 e. The van der Waals surface area contributed by atoms with Gasteiger partial charge in [-0.15, -0.1) is 0 Å². The molecule has 0 aliphatic heterocycles. The summed E-state index contributed by atoms with van der Waals surface area (Å²) in [6.45, 7) is 4.13. The molecule has 0 saturated heterocycles. The Hall–Kier alpha value is -3.85. The van der Waals surface area contributed by atoms with Gasteiger partial charge in [0, 0.05) is 12.8 Å². The predicted molar refractivity (Wildman–Crippen MR) is 297 cm³/mol. The third-order valence-corrected chi connectivity index (χ3v) is 11.7. The van der Waals surface area contributed by atoms with E-state index in [4.69, 9.17) is 18.5 Å². The lowest BCUT2D eigenvalue weighted by Gasteiger charge is -2.24. The molecule has 9 nitrogen and oxygen atoms in total. The molecule has 2 unspecified atom stereocenters. The quantitative estimate of drug-likeness (QED) is 0.0211. The van der Waals surface area contributed by atoms with Crippen molar-refractivity contribution >= 4 is 19.8 Å². The topological polar surface area (TPSA) is 108 Å². The standard InChI is InChI=1S/C60H98NO8P/c1-6-8-10-12-14-16-18-20-22-24-25-26-27-28-29-30-31-32-33-34-35-37-39-41-43-45-47-49-51-53-60(63)69-58(57-68-70(64,65)67-55-54-61(3,4)5)56-66-59(62)52-50-48-46-44-42-40-38-36-23-21-19-17-15-13-11-9-7-2/h8-11,14-17,20-23,25-26,28-29,31-32,34-35,38,40,58H,6-7,12-13,18-19,24,27,30,33,36-37,39,41-57H2,1-5H3/p+1/b10-8-,11-9-,16-14-,17-15-,22-20-,23-21-,26-25-,29-28-,32-31-,35-34-,40-38-. The van der Waals surface area contributed by atoms with Crippen LogP contribution in [0.25, 0.3) is 0 Å². The summed E-state index contributed by atoms with van der Waals surface area (Å²) in [4.78, 5) is 35.6. The van der Waals surface area contributed by atoms with Gasteiger partial charge in [0.15, 0.2) is 6.10 Å². The van der Waals surface area contributed by atoms with Crippen LogP contribution in [0, 0.1) is 0 Å². The Labute approximate surface area is 428 Å². The van der Waals surface area contributed by atoms with Crippen LogP contribution >= 0.6 is 7.82 Å². The van der Waals surface area contributed by atoms with Crippen molar-refractivity contribution in [2.75, 3.05) is 47.5 Å². The predicted octanol–water partition coefficient (Wildman–Crippen LogP) is 16.6. The first-order chi connectivity index (χ1) is 34.0. The lowest BCUT2D eigenvalue weighted by Crippen LogP contribution is -2.37. The molecule has 1 N–H and O–H groups in total. The summed E-state index contributed by atoms with van der Waals surface area (Å²) < 4.78 is 34.4. The summed E-state index contributed by atoms with van der Waals surface area (Å²) in [6, 6.07) is 0. The number of likely N-dealkylation sites (N-methyl/N-ethyl adjacent to an activating group) is 1. The monoisotopic (exact) mass is 993 g/mol. The largest absolute Gasteiger partial charge is 0.472 e. The zero-order chi connectivity index (χ0) is 51.3. The highest BCUT2D eigenvalue weighted by Gasteiger charge is 2.27. The molecule has 0 fully saturated rings. The van der Waals surface area contributed by atoms with Gasteiger partial charge in [0.05, 0.1) is 27.7 Å². The molecule has 0 radical (unpaired) electrons. The number of phosphoric ester groups is 1. The highest BCUT2D eigenvalue weighted by atomic mass is 31.2. The van der Waals surface area contributed by atoms with Crippen molar-refractivity contribution in [2.24, 2.45) is 0 Å². The molecule has 0 aliphatic carbocycles. The van der Waals surface area contributed by atoms with Crippen LogP contribution in [0.15, 0.2) is 134 Å². The summed E-state index contributed by atoms with van der Waals surface area (Å²) >= 11 is 0. The lowest BCUT2D eigenvalue weighted by atomic mass is 10.1. The molecule has 0 spiro atoms. The molecule has 396 valence electrons. The zero-order valence-corrected chi connectivity index (χ0v) is 45.6. The summed E-state index contributed by atoms with van der Waals surface area (Å²) in [5.41, 5.74) is 0. The van der Waals surface area contributed by atoms with E-state index < -0.39 is 32.5 Å². The maximum atomic E-state index is 12.8. The molecular formula is C60H99NO8P+. The van der Waals surface area contributed by atoms with Crippen LogP contribution < -0.4 is 0 Å². The molecular weight excluding hydrogens is 894 g/mol. The third kappa shape index (κ3) is 53.5. The van der Waals surface area contributed by atoms with Crippen LogP contribution in [0.1, 0.15) is 181 Å². The summed E-state index contributed by atoms with van der Waals surface area (Å²) in [6.07, 6.45) is 72.2. The van der Waals surface area contributed by atoms with Gasteiger partial charge in [-0.05, 0) is 109 Å². The Balaban J connectivity index is 4.30. The molecule has 0 bridgehead atoms. The number of hydrogen-bond donors (Lipinski definition) is 1. The van der Waals surface area contributed by atoms with Crippen LogP contribution in [-0.4, -0.2) is 74.9 Å². The van der Waals surface area contributed by atoms with Gasteiger partial charge in [-0.3, -0.25) is 18.6 Å². The van der Waals surface area contributed by atoms with Crippen LogP contribution in [0.4, 0.5) is 0 Å². The van der Waals surface area contributed by atoms with Crippen LogP contribution in [0.5, 0.6) is 0 Å². The first-order valence-corrected chi connectivity index (χ1v) is 28.4. The Morgan fingerprint density at radius 2 is 0.771 bits per heavy atom. The van der Waals surface area contributed by atoms with E-state index in [1.54, 1.807) is 0 Å². The first kappa shape index (κ1) is 66.2. The van der Waals surface area contributed by atoms with Crippen molar-refractivity contribution in [3.05, 3.63) is 134 Å². The van der Waals surface area contributed by atoms with Crippen molar-refractivity contribution in [3.63, 3.8) is 0 Å². The van der Waals surface area contributed by atoms with Gasteiger partial charge in [0.25, 0.3) is 0 Å². The number of hydrogen-bond acceptors (Lipinski definition) is 7. The number of allylic oxidation sites excluding steroid dienone is 22. The zero-order valence-electron chi connectivity index (χ0n) is 44.7. The molecule has 0 aromatic rings. The van der Waals surface area contributed by atoms with Gasteiger partial charge in [0.1, 0.15) is 19.8 Å². The van der Waals surface area contributed by atoms with E-state index in [9.17, 15) is 19.0 Å². The van der Waals surface area contributed by atoms with Crippen LogP contribution in [0.2, 0.25) is 0 Å². The van der Waals surface area contributed by atoms with E-state index in [1.807, 2.05) is 21.1 Å². The van der Waals surface area contributed by atoms with Crippen LogP contribution in [0.3, 0.4) is 0 Å². The minimum absolute atomic E-state index is 0.0168. The van der Waals surface area contributed by atoms with Gasteiger partial charge in [-0.2, -0.15) is 0 Å². The molecule has 0 aromatic carbocycles. The molecule has 0 rings (SSSR count). The minimum atomic E-state index is -4.40. The fraction of sp³-hybridized carbons (Fsp3) is 0.600. The molecule has 0 aromatic heterocycles. The molecule has 10 heteroatoms. The number of quaternary nitrogens is 1. The molecule has 0 amide bonds. The molecule has 0 aliphatic rings. The summed E-state index contributed by atoms with van der Waals surface area (Å²) in [5, 5.41) is 0. The SMILES string of the molecule is CC/C=C\C/C=C\C/C=C\C/C=C\C/C=C\C/C=C\C/C=C\CCCCCCCCCC(=O)OC(COC(=O)CCCCCC/C=C\C/C=C\C/C=C\C/C=C\CC)COP(=O)(O)OCC[N+](C)(C)C. The van der Waals surface area contributed by atoms with Gasteiger partial charge in [0.2, 0.25) is 0 Å². The number of unbranched alkanes of at least 4 members (excludes halogenated alkanes) is 11. The second-order valence-corrected chi connectivity index (χ2v) is 19.9. The number of phosphoric acid groups is 1. The highest BCUT2D eigenvalue weighted by Crippen LogP contribution is 2.43. The third-order valence-electron chi connectivity index (χ3n) is 10.7. The van der Waals surface area contributed by atoms with E-state index in [-0.39, 0.29) is 26.1 Å². The molecule has 0 saturated carbocycles. The van der Waals surface area contributed by atoms with E-state index in [0.717, 1.165) is 122 Å². The Morgan fingerprint density at radius 3 is 1.14 bits per heavy atom. The average molecular weight is 993 g/mol. The normalized spacial score (nSPS) is 14.4. The van der Waals surface area contributed by atoms with E-state index in [2.05, 4.69) is 148 Å². The van der Waals surface area contributed by atoms with Crippen molar-refractivity contribution in [2.45, 2.75) is 187 Å². The van der Waals surface area contributed by atoms with E-state index >= 15 is 0 Å². The highest BCUT2D eigenvalue weighted by molar-refractivity contribution is 7.47. The second-order valence-electron chi connectivity index (χ2n) is 18.5. The van der Waals surface area contributed by atoms with Gasteiger partial charge in [-0.1, -0.05) is 192 Å². The van der Waals surface area contributed by atoms with Crippen LogP contribution in [-0.2, 0) is 32.7 Å². The number of carbonyl (C=O) groups is 2. The molecule has 0 heterocycles. The smallest absolute Gasteiger partial charge is 0.462 e. The number of esters is 2. The maximum Gasteiger partial charge on any atom is 0.472 e. The molecule has 70 heavy (non-hydrogen) atoms. The lowest BCUT2D eigenvalue weighted by molar-refractivity contribution is -0.870. The fourth-order valence-electron chi connectivity index (χ4n) is 6.57. The van der Waals surface area contributed by atoms with Gasteiger partial charge in [-0.25, -0.2) is 4.57 Å². The van der Waals surface area contributed by atoms with E-state index in [0.29, 0.717) is 23.9 Å². The van der Waals surface area contributed by atoms with Crippen molar-refractivity contribution in [3.8, 4) is 0 Å². The van der Waals surface area contributed by atoms with Gasteiger partial charge >= 0.3 is 19.8 Å². The number of carbonyl (C=O) groups excluding carboxylic acids is 2. The summed E-state index contributed by atoms with van der Waals surface area (Å²) in [5.74, 6) is -0.851. The molecule has 2 atom stereocenters. The Morgan fingerprint density at radius 1 is 0.443 bits per heavy atom. The van der Waals surface area contributed by atoms with E-state index in [1.165, 1.54) is 19.3 Å². The van der Waals surface area contributed by atoms with Crippen molar-refractivity contribution < 1.29 is 42.1 Å². The number of ether oxygens (including phenoxy) is 2.